The zero-order valence-electron chi connectivity index (χ0n) is 10.4. The summed E-state index contributed by atoms with van der Waals surface area (Å²) < 4.78 is 19.9. The van der Waals surface area contributed by atoms with Crippen molar-refractivity contribution in [1.29, 1.82) is 0 Å². The van der Waals surface area contributed by atoms with E-state index in [2.05, 4.69) is 0 Å². The number of carbonyl (C=O) groups excluding carboxylic acids is 1. The first-order valence-corrected chi connectivity index (χ1v) is 5.68. The Labute approximate surface area is 101 Å². The lowest BCUT2D eigenvalue weighted by molar-refractivity contribution is -0.130. The fourth-order valence-corrected chi connectivity index (χ4v) is 1.42. The van der Waals surface area contributed by atoms with E-state index < -0.39 is 24.7 Å². The van der Waals surface area contributed by atoms with Gasteiger partial charge in [0.05, 0.1) is 12.7 Å². The largest absolute Gasteiger partial charge is 0.508 e. The van der Waals surface area contributed by atoms with E-state index in [0.29, 0.717) is 13.0 Å². The van der Waals surface area contributed by atoms with Gasteiger partial charge in [0.25, 0.3) is 0 Å². The summed E-state index contributed by atoms with van der Waals surface area (Å²) >= 11 is 0. The van der Waals surface area contributed by atoms with Crippen LogP contribution in [0.15, 0.2) is 0 Å². The third kappa shape index (κ3) is 4.89. The average Bonchev–Trinajstić information content (AvgIpc) is 2.64. The molecule has 1 saturated heterocycles. The Kier molecular flexibility index (Phi) is 5.67. The van der Waals surface area contributed by atoms with Crippen LogP contribution in [0.4, 0.5) is 4.79 Å². The van der Waals surface area contributed by atoms with Crippen molar-refractivity contribution in [3.8, 4) is 0 Å². The average molecular weight is 248 g/mol. The molecule has 0 radical (unpaired) electrons. The van der Waals surface area contributed by atoms with Crippen LogP contribution in [-0.4, -0.2) is 50.1 Å². The zero-order chi connectivity index (χ0) is 12.8. The van der Waals surface area contributed by atoms with E-state index in [1.165, 1.54) is 7.11 Å². The van der Waals surface area contributed by atoms with Crippen LogP contribution in [0.5, 0.6) is 0 Å². The quantitative estimate of drug-likeness (QED) is 0.729. The molecule has 3 atom stereocenters. The molecule has 1 unspecified atom stereocenters. The van der Waals surface area contributed by atoms with Crippen molar-refractivity contribution in [2.45, 2.75) is 38.8 Å². The Morgan fingerprint density at radius 3 is 2.71 bits per heavy atom. The number of ether oxygens (including phenoxy) is 4. The molecule has 1 heterocycles. The van der Waals surface area contributed by atoms with Crippen molar-refractivity contribution in [1.82, 2.24) is 0 Å². The number of methoxy groups -OCH3 is 1. The Hall–Kier alpha value is -0.850. The number of hydrogen-bond donors (Lipinski definition) is 1. The van der Waals surface area contributed by atoms with Crippen molar-refractivity contribution in [3.63, 3.8) is 0 Å². The van der Waals surface area contributed by atoms with E-state index in [-0.39, 0.29) is 12.5 Å². The van der Waals surface area contributed by atoms with Crippen molar-refractivity contribution in [2.24, 2.45) is 5.92 Å². The predicted octanol–water partition coefficient (Wildman–Crippen LogP) is 0.918. The van der Waals surface area contributed by atoms with Crippen LogP contribution in [-0.2, 0) is 18.9 Å². The van der Waals surface area contributed by atoms with Gasteiger partial charge in [-0.25, -0.2) is 4.79 Å². The maximum absolute atomic E-state index is 11.1. The van der Waals surface area contributed by atoms with Gasteiger partial charge in [-0.05, 0) is 5.92 Å². The number of rotatable bonds is 5. The van der Waals surface area contributed by atoms with Gasteiger partial charge in [-0.1, -0.05) is 13.8 Å². The molecule has 0 saturated carbocycles. The van der Waals surface area contributed by atoms with E-state index in [0.717, 1.165) is 0 Å². The number of aliphatic hydroxyl groups is 1. The third-order valence-corrected chi connectivity index (χ3v) is 2.35. The minimum atomic E-state index is -0.740. The molecule has 6 nitrogen and oxygen atoms in total. The Morgan fingerprint density at radius 1 is 1.47 bits per heavy atom. The molecule has 0 aromatic rings. The summed E-state index contributed by atoms with van der Waals surface area (Å²) in [6.45, 7) is 4.15. The zero-order valence-corrected chi connectivity index (χ0v) is 10.4. The van der Waals surface area contributed by atoms with Gasteiger partial charge < -0.3 is 24.1 Å². The summed E-state index contributed by atoms with van der Waals surface area (Å²) in [6.07, 6.45) is -2.03. The molecule has 17 heavy (non-hydrogen) atoms. The smallest absolute Gasteiger partial charge is 0.434 e. The van der Waals surface area contributed by atoms with Gasteiger partial charge in [0.1, 0.15) is 12.7 Å². The van der Waals surface area contributed by atoms with Crippen LogP contribution < -0.4 is 0 Å². The van der Waals surface area contributed by atoms with E-state index in [1.54, 1.807) is 0 Å². The normalized spacial score (nSPS) is 28.4. The molecule has 0 aromatic heterocycles. The van der Waals surface area contributed by atoms with Crippen molar-refractivity contribution in [3.05, 3.63) is 0 Å². The first-order valence-electron chi connectivity index (χ1n) is 5.68. The Balaban J connectivity index is 2.19. The fourth-order valence-electron chi connectivity index (χ4n) is 1.42. The lowest BCUT2D eigenvalue weighted by Crippen LogP contribution is -2.28. The summed E-state index contributed by atoms with van der Waals surface area (Å²) in [6, 6.07) is 0. The van der Waals surface area contributed by atoms with Gasteiger partial charge in [0, 0.05) is 13.5 Å². The molecule has 6 heteroatoms. The van der Waals surface area contributed by atoms with Gasteiger partial charge in [0.15, 0.2) is 6.29 Å². The Morgan fingerprint density at radius 2 is 2.18 bits per heavy atom. The van der Waals surface area contributed by atoms with E-state index >= 15 is 0 Å². The molecule has 0 spiro atoms. The number of carbonyl (C=O) groups is 1. The summed E-state index contributed by atoms with van der Waals surface area (Å²) in [5.74, 6) is 0.258. The molecule has 1 fully saturated rings. The summed E-state index contributed by atoms with van der Waals surface area (Å²) in [5.41, 5.74) is 0. The monoisotopic (exact) mass is 248 g/mol. The minimum absolute atomic E-state index is 0.0298. The molecule has 1 aliphatic heterocycles. The molecule has 0 aliphatic carbocycles. The highest BCUT2D eigenvalue weighted by Gasteiger charge is 2.34. The maximum Gasteiger partial charge on any atom is 0.508 e. The van der Waals surface area contributed by atoms with Gasteiger partial charge in [-0.2, -0.15) is 0 Å². The van der Waals surface area contributed by atoms with Crippen molar-refractivity contribution in [2.75, 3.05) is 20.3 Å². The molecular formula is C11H20O6. The SMILES string of the molecule is COC1C[C@@H](O)[C@@H](COC(=O)OCC(C)C)O1. The highest BCUT2D eigenvalue weighted by atomic mass is 16.7. The summed E-state index contributed by atoms with van der Waals surface area (Å²) in [5, 5.41) is 9.58. The predicted molar refractivity (Wildman–Crippen MR) is 58.4 cm³/mol. The van der Waals surface area contributed by atoms with Crippen molar-refractivity contribution < 1.29 is 28.8 Å². The standard InChI is InChI=1S/C11H20O6/c1-7(2)5-15-11(13)16-6-9-8(12)4-10(14-3)17-9/h7-10,12H,4-6H2,1-3H3/t8-,9-,10?/m1/s1. The fraction of sp³-hybridized carbons (Fsp3) is 0.909. The van der Waals surface area contributed by atoms with Gasteiger partial charge in [-0.3, -0.25) is 0 Å². The van der Waals surface area contributed by atoms with Crippen molar-refractivity contribution >= 4 is 6.16 Å². The highest BCUT2D eigenvalue weighted by Crippen LogP contribution is 2.21. The summed E-state index contributed by atoms with van der Waals surface area (Å²) in [4.78, 5) is 11.1. The molecular weight excluding hydrogens is 228 g/mol. The minimum Gasteiger partial charge on any atom is -0.434 e. The number of hydrogen-bond acceptors (Lipinski definition) is 6. The van der Waals surface area contributed by atoms with E-state index in [9.17, 15) is 9.90 Å². The topological polar surface area (TPSA) is 74.2 Å². The lowest BCUT2D eigenvalue weighted by Gasteiger charge is -2.14. The van der Waals surface area contributed by atoms with Crippen LogP contribution in [0.25, 0.3) is 0 Å². The first kappa shape index (κ1) is 14.2. The molecule has 0 bridgehead atoms. The number of aliphatic hydroxyl groups excluding tert-OH is 1. The molecule has 0 aromatic carbocycles. The lowest BCUT2D eigenvalue weighted by atomic mass is 10.2. The van der Waals surface area contributed by atoms with Crippen LogP contribution in [0.2, 0.25) is 0 Å². The van der Waals surface area contributed by atoms with Crippen LogP contribution in [0.3, 0.4) is 0 Å². The molecule has 0 amide bonds. The molecule has 1 aliphatic rings. The van der Waals surface area contributed by atoms with Gasteiger partial charge in [-0.15, -0.1) is 0 Å². The van der Waals surface area contributed by atoms with Crippen LogP contribution in [0.1, 0.15) is 20.3 Å². The van der Waals surface area contributed by atoms with Gasteiger partial charge >= 0.3 is 6.16 Å². The maximum atomic E-state index is 11.1. The van der Waals surface area contributed by atoms with E-state index in [4.69, 9.17) is 18.9 Å². The summed E-state index contributed by atoms with van der Waals surface area (Å²) in [7, 11) is 1.50. The van der Waals surface area contributed by atoms with Crippen LogP contribution in [0, 0.1) is 5.92 Å². The Bertz CT molecular complexity index is 242. The molecule has 1 N–H and O–H groups in total. The van der Waals surface area contributed by atoms with E-state index in [1.807, 2.05) is 13.8 Å². The van der Waals surface area contributed by atoms with Crippen LogP contribution >= 0.6 is 0 Å². The molecule has 1 rings (SSSR count). The third-order valence-electron chi connectivity index (χ3n) is 2.35. The second-order valence-electron chi connectivity index (χ2n) is 4.41. The second kappa shape index (κ2) is 6.78. The van der Waals surface area contributed by atoms with Gasteiger partial charge in [0.2, 0.25) is 0 Å². The first-order chi connectivity index (χ1) is 8.02. The highest BCUT2D eigenvalue weighted by molar-refractivity contribution is 5.59. The molecule has 100 valence electrons. The second-order valence-corrected chi connectivity index (χ2v) is 4.41.